The van der Waals surface area contributed by atoms with Gasteiger partial charge in [-0.15, -0.1) is 0 Å². The van der Waals surface area contributed by atoms with Crippen LogP contribution in [0.3, 0.4) is 0 Å². The SMILES string of the molecule is CCCCCCC(/C=C\c1ccc(Cl)c(Cl)c1)=N/NC(N)=O. The highest BCUT2D eigenvalue weighted by molar-refractivity contribution is 6.42. The molecular weight excluding hydrogens is 321 g/mol. The second-order valence-electron chi connectivity index (χ2n) is 4.90. The molecule has 1 aromatic carbocycles. The van der Waals surface area contributed by atoms with E-state index in [4.69, 9.17) is 28.9 Å². The quantitative estimate of drug-likeness (QED) is 0.390. The van der Waals surface area contributed by atoms with Crippen LogP contribution < -0.4 is 11.2 Å². The molecule has 2 amide bonds. The number of urea groups is 1. The molecule has 0 spiro atoms. The summed E-state index contributed by atoms with van der Waals surface area (Å²) >= 11 is 11.9. The van der Waals surface area contributed by atoms with Gasteiger partial charge in [0.05, 0.1) is 15.8 Å². The summed E-state index contributed by atoms with van der Waals surface area (Å²) in [6, 6.07) is 4.70. The highest BCUT2D eigenvalue weighted by Gasteiger charge is 2.00. The minimum absolute atomic E-state index is 0.500. The minimum atomic E-state index is -0.672. The molecule has 0 unspecified atom stereocenters. The molecule has 0 aliphatic rings. The Morgan fingerprint density at radius 3 is 2.68 bits per heavy atom. The summed E-state index contributed by atoms with van der Waals surface area (Å²) in [5.74, 6) is 0. The minimum Gasteiger partial charge on any atom is -0.350 e. The molecule has 1 aromatic rings. The van der Waals surface area contributed by atoms with Crippen LogP contribution in [0.1, 0.15) is 44.6 Å². The topological polar surface area (TPSA) is 67.5 Å². The molecule has 0 heterocycles. The van der Waals surface area contributed by atoms with Gasteiger partial charge in [0, 0.05) is 0 Å². The zero-order valence-electron chi connectivity index (χ0n) is 12.6. The van der Waals surface area contributed by atoms with Crippen LogP contribution in [0, 0.1) is 0 Å². The Bertz CT molecular complexity index is 556. The number of rotatable bonds is 8. The predicted molar refractivity (Wildman–Crippen MR) is 94.4 cm³/mol. The van der Waals surface area contributed by atoms with Crippen molar-refractivity contribution in [1.29, 1.82) is 0 Å². The maximum atomic E-state index is 10.8. The summed E-state index contributed by atoms with van der Waals surface area (Å²) < 4.78 is 0. The first kappa shape index (κ1) is 18.5. The van der Waals surface area contributed by atoms with Crippen LogP contribution in [0.2, 0.25) is 10.0 Å². The summed E-state index contributed by atoms with van der Waals surface area (Å²) in [5.41, 5.74) is 9.00. The van der Waals surface area contributed by atoms with Crippen molar-refractivity contribution in [3.8, 4) is 0 Å². The van der Waals surface area contributed by atoms with Crippen molar-refractivity contribution in [2.45, 2.75) is 39.0 Å². The first-order valence-electron chi connectivity index (χ1n) is 7.28. The van der Waals surface area contributed by atoms with Crippen LogP contribution in [0.4, 0.5) is 4.79 Å². The number of hydrogen-bond donors (Lipinski definition) is 2. The third-order valence-electron chi connectivity index (χ3n) is 3.01. The molecule has 22 heavy (non-hydrogen) atoms. The molecule has 1 rings (SSSR count). The van der Waals surface area contributed by atoms with Crippen LogP contribution in [0.5, 0.6) is 0 Å². The maximum Gasteiger partial charge on any atom is 0.332 e. The number of nitrogens with two attached hydrogens (primary N) is 1. The van der Waals surface area contributed by atoms with Crippen LogP contribution in [-0.2, 0) is 0 Å². The maximum absolute atomic E-state index is 10.8. The highest BCUT2D eigenvalue weighted by Crippen LogP contribution is 2.23. The highest BCUT2D eigenvalue weighted by atomic mass is 35.5. The second kappa shape index (κ2) is 10.2. The van der Waals surface area contributed by atoms with E-state index >= 15 is 0 Å². The molecule has 120 valence electrons. The molecule has 6 heteroatoms. The Morgan fingerprint density at radius 2 is 2.05 bits per heavy atom. The molecule has 0 saturated carbocycles. The fraction of sp³-hybridized carbons (Fsp3) is 0.375. The number of primary amides is 1. The number of carbonyl (C=O) groups is 1. The fourth-order valence-electron chi connectivity index (χ4n) is 1.84. The number of hydrazone groups is 1. The number of carbonyl (C=O) groups excluding carboxylic acids is 1. The number of amides is 2. The Hall–Kier alpha value is -1.52. The molecule has 0 saturated heterocycles. The van der Waals surface area contributed by atoms with Gasteiger partial charge in [0.1, 0.15) is 0 Å². The van der Waals surface area contributed by atoms with Gasteiger partial charge in [-0.25, -0.2) is 10.2 Å². The van der Waals surface area contributed by atoms with Crippen LogP contribution in [0.15, 0.2) is 29.4 Å². The van der Waals surface area contributed by atoms with Gasteiger partial charge in [-0.2, -0.15) is 5.10 Å². The fourth-order valence-corrected chi connectivity index (χ4v) is 2.15. The lowest BCUT2D eigenvalue weighted by atomic mass is 10.1. The lowest BCUT2D eigenvalue weighted by Gasteiger charge is -2.03. The number of hydrogen-bond acceptors (Lipinski definition) is 2. The lowest BCUT2D eigenvalue weighted by molar-refractivity contribution is 0.249. The molecule has 0 aliphatic carbocycles. The van der Waals surface area contributed by atoms with Gasteiger partial charge in [0.2, 0.25) is 0 Å². The van der Waals surface area contributed by atoms with Crippen molar-refractivity contribution in [1.82, 2.24) is 5.43 Å². The average molecular weight is 342 g/mol. The molecule has 0 aliphatic heterocycles. The Kier molecular flexibility index (Phi) is 8.63. The monoisotopic (exact) mass is 341 g/mol. The number of nitrogens with one attached hydrogen (secondary N) is 1. The van der Waals surface area contributed by atoms with Crippen molar-refractivity contribution >= 4 is 41.0 Å². The zero-order chi connectivity index (χ0) is 16.4. The van der Waals surface area contributed by atoms with E-state index in [9.17, 15) is 4.79 Å². The first-order valence-corrected chi connectivity index (χ1v) is 8.03. The molecule has 0 atom stereocenters. The normalized spacial score (nSPS) is 11.9. The average Bonchev–Trinajstić information content (AvgIpc) is 2.48. The lowest BCUT2D eigenvalue weighted by Crippen LogP contribution is -2.25. The molecule has 0 radical (unpaired) electrons. The van der Waals surface area contributed by atoms with Crippen molar-refractivity contribution < 1.29 is 4.79 Å². The Morgan fingerprint density at radius 1 is 1.27 bits per heavy atom. The standard InChI is InChI=1S/C16H21Cl2N3O/c1-2-3-4-5-6-13(20-21-16(19)22)9-7-12-8-10-14(17)15(18)11-12/h7-11H,2-6H2,1H3,(H3,19,21,22)/b9-7-,20-13-. The molecule has 3 N–H and O–H groups in total. The number of benzene rings is 1. The van der Waals surface area contributed by atoms with Crippen LogP contribution in [-0.4, -0.2) is 11.7 Å². The van der Waals surface area contributed by atoms with E-state index in [-0.39, 0.29) is 0 Å². The first-order chi connectivity index (χ1) is 10.5. The Labute approximate surface area is 141 Å². The van der Waals surface area contributed by atoms with Crippen LogP contribution >= 0.6 is 23.2 Å². The van der Waals surface area contributed by atoms with Gasteiger partial charge in [-0.3, -0.25) is 0 Å². The number of halogens is 2. The third-order valence-corrected chi connectivity index (χ3v) is 3.75. The molecule has 4 nitrogen and oxygen atoms in total. The van der Waals surface area contributed by atoms with E-state index in [0.29, 0.717) is 10.0 Å². The van der Waals surface area contributed by atoms with E-state index in [2.05, 4.69) is 17.5 Å². The third kappa shape index (κ3) is 7.48. The van der Waals surface area contributed by atoms with E-state index in [1.54, 1.807) is 12.1 Å². The smallest absolute Gasteiger partial charge is 0.332 e. The van der Waals surface area contributed by atoms with Gasteiger partial charge in [-0.05, 0) is 36.6 Å². The van der Waals surface area contributed by atoms with Gasteiger partial charge >= 0.3 is 6.03 Å². The largest absolute Gasteiger partial charge is 0.350 e. The summed E-state index contributed by atoms with van der Waals surface area (Å²) in [6.45, 7) is 2.16. The number of nitrogens with zero attached hydrogens (tertiary/aromatic N) is 1. The van der Waals surface area contributed by atoms with Gasteiger partial charge in [0.25, 0.3) is 0 Å². The van der Waals surface area contributed by atoms with E-state index in [1.165, 1.54) is 12.8 Å². The van der Waals surface area contributed by atoms with E-state index in [1.807, 2.05) is 18.2 Å². The zero-order valence-corrected chi connectivity index (χ0v) is 14.1. The predicted octanol–water partition coefficient (Wildman–Crippen LogP) is 5.00. The van der Waals surface area contributed by atoms with E-state index in [0.717, 1.165) is 30.5 Å². The number of allylic oxidation sites excluding steroid dienone is 1. The van der Waals surface area contributed by atoms with Crippen molar-refractivity contribution in [2.75, 3.05) is 0 Å². The second-order valence-corrected chi connectivity index (χ2v) is 5.71. The summed E-state index contributed by atoms with van der Waals surface area (Å²) in [7, 11) is 0. The Balaban J connectivity index is 2.72. The summed E-state index contributed by atoms with van der Waals surface area (Å²) in [4.78, 5) is 10.8. The summed E-state index contributed by atoms with van der Waals surface area (Å²) in [6.07, 6.45) is 9.01. The van der Waals surface area contributed by atoms with Crippen molar-refractivity contribution in [2.24, 2.45) is 10.8 Å². The summed E-state index contributed by atoms with van der Waals surface area (Å²) in [5, 5.41) is 5.04. The molecule has 0 fully saturated rings. The van der Waals surface area contributed by atoms with Crippen molar-refractivity contribution in [3.63, 3.8) is 0 Å². The number of unbranched alkanes of at least 4 members (excludes halogenated alkanes) is 3. The van der Waals surface area contributed by atoms with Gasteiger partial charge in [0.15, 0.2) is 0 Å². The van der Waals surface area contributed by atoms with Crippen molar-refractivity contribution in [3.05, 3.63) is 39.9 Å². The van der Waals surface area contributed by atoms with Crippen LogP contribution in [0.25, 0.3) is 6.08 Å². The molecule has 0 bridgehead atoms. The van der Waals surface area contributed by atoms with E-state index < -0.39 is 6.03 Å². The van der Waals surface area contributed by atoms with Gasteiger partial charge in [-0.1, -0.05) is 61.5 Å². The molecule has 0 aromatic heterocycles. The van der Waals surface area contributed by atoms with Gasteiger partial charge < -0.3 is 5.73 Å². The molecular formula is C16H21Cl2N3O.